The molecule has 13 heteroatoms. The van der Waals surface area contributed by atoms with Gasteiger partial charge in [-0.25, -0.2) is 13.2 Å². The summed E-state index contributed by atoms with van der Waals surface area (Å²) in [6.07, 6.45) is 4.96. The number of nitrogens with two attached hydrogens (primary N) is 1. The zero-order valence-corrected chi connectivity index (χ0v) is 25.6. The summed E-state index contributed by atoms with van der Waals surface area (Å²) in [5, 5.41) is 14.2. The molecule has 4 saturated heterocycles. The molecule has 8 nitrogen and oxygen atoms in total. The van der Waals surface area contributed by atoms with Gasteiger partial charge in [-0.1, -0.05) is 17.7 Å². The quantitative estimate of drug-likeness (QED) is 0.279. The molecule has 230 valence electrons. The Labute approximate surface area is 261 Å². The van der Waals surface area contributed by atoms with Crippen LogP contribution in [0.15, 0.2) is 18.2 Å². The van der Waals surface area contributed by atoms with E-state index in [0.29, 0.717) is 35.9 Å². The van der Waals surface area contributed by atoms with Crippen molar-refractivity contribution in [3.63, 3.8) is 0 Å². The number of benzene rings is 2. The number of fused-ring (bicyclic) bond motifs is 5. The van der Waals surface area contributed by atoms with Crippen LogP contribution in [0.1, 0.15) is 37.7 Å². The van der Waals surface area contributed by atoms with Crippen molar-refractivity contribution in [1.29, 1.82) is 5.26 Å². The van der Waals surface area contributed by atoms with Gasteiger partial charge in [0, 0.05) is 54.1 Å². The van der Waals surface area contributed by atoms with E-state index < -0.39 is 17.8 Å². The van der Waals surface area contributed by atoms with Crippen LogP contribution in [0.25, 0.3) is 32.1 Å². The van der Waals surface area contributed by atoms with Crippen LogP contribution in [0, 0.1) is 23.0 Å². The summed E-state index contributed by atoms with van der Waals surface area (Å²) in [6.45, 7) is 3.31. The minimum absolute atomic E-state index is 0.0190. The zero-order valence-electron chi connectivity index (χ0n) is 24.0. The van der Waals surface area contributed by atoms with Gasteiger partial charge in [0.25, 0.3) is 0 Å². The molecule has 0 spiro atoms. The molecule has 4 aliphatic heterocycles. The second-order valence-electron chi connectivity index (χ2n) is 11.9. The predicted octanol–water partition coefficient (Wildman–Crippen LogP) is 6.04. The number of aromatic nitrogens is 2. The normalized spacial score (nSPS) is 24.4. The molecular weight excluding hydrogens is 611 g/mol. The highest BCUT2D eigenvalue weighted by Gasteiger charge is 2.36. The number of nitriles is 1. The molecule has 0 amide bonds. The predicted molar refractivity (Wildman–Crippen MR) is 167 cm³/mol. The van der Waals surface area contributed by atoms with Crippen molar-refractivity contribution >= 4 is 54.7 Å². The van der Waals surface area contributed by atoms with Gasteiger partial charge in [-0.15, -0.1) is 11.3 Å². The van der Waals surface area contributed by atoms with Crippen LogP contribution in [0.5, 0.6) is 6.01 Å². The third kappa shape index (κ3) is 5.00. The van der Waals surface area contributed by atoms with Crippen molar-refractivity contribution in [2.75, 3.05) is 43.9 Å². The molecule has 0 aliphatic carbocycles. The van der Waals surface area contributed by atoms with E-state index in [9.17, 15) is 14.0 Å². The zero-order chi connectivity index (χ0) is 30.7. The second kappa shape index (κ2) is 11.5. The molecule has 2 aromatic carbocycles. The van der Waals surface area contributed by atoms with Gasteiger partial charge in [0.15, 0.2) is 5.82 Å². The first-order chi connectivity index (χ1) is 21.2. The van der Waals surface area contributed by atoms with Crippen LogP contribution in [-0.4, -0.2) is 72.5 Å². The second-order valence-corrected chi connectivity index (χ2v) is 13.4. The van der Waals surface area contributed by atoms with Crippen molar-refractivity contribution < 1.29 is 17.9 Å². The Morgan fingerprint density at radius 2 is 1.93 bits per heavy atom. The van der Waals surface area contributed by atoms with Crippen molar-refractivity contribution in [2.24, 2.45) is 0 Å². The number of hydrogen-bond donors (Lipinski definition) is 2. The average molecular weight is 642 g/mol. The first-order valence-electron chi connectivity index (χ1n) is 14.8. The van der Waals surface area contributed by atoms with Gasteiger partial charge in [0.1, 0.15) is 34.4 Å². The van der Waals surface area contributed by atoms with Crippen molar-refractivity contribution in [2.45, 2.75) is 56.4 Å². The standard InChI is InChI=1S/C24H19ClF2N6OS.C7H12FN/c1-34-24-31-20-13(23(32-24)33-8-10-2-3-11(9-33)30-10)6-15(25)18(19(20)27)12-4-5-16(26)21-17(12)14(7-28)22(29)35-21;8-6-4-7-2-1-3-9(7)5-6/h4-6,10-11,30H,2-3,8-9,29H2,1H3;6-7H,1-5H2. The van der Waals surface area contributed by atoms with Crippen LogP contribution in [-0.2, 0) is 0 Å². The molecule has 4 atom stereocenters. The number of hydrogen-bond acceptors (Lipinski definition) is 9. The van der Waals surface area contributed by atoms with Crippen molar-refractivity contribution in [3.8, 4) is 23.2 Å². The smallest absolute Gasteiger partial charge is 0.318 e. The lowest BCUT2D eigenvalue weighted by Crippen LogP contribution is -2.51. The molecule has 4 unspecified atom stereocenters. The third-order valence-electron chi connectivity index (χ3n) is 9.20. The van der Waals surface area contributed by atoms with E-state index in [1.807, 2.05) is 6.07 Å². The fourth-order valence-corrected chi connectivity index (χ4v) is 8.49. The topological polar surface area (TPSA) is 103 Å². The summed E-state index contributed by atoms with van der Waals surface area (Å²) in [5.41, 5.74) is 6.39. The van der Waals surface area contributed by atoms with Crippen LogP contribution in [0.2, 0.25) is 5.02 Å². The molecule has 0 saturated carbocycles. The molecule has 8 rings (SSSR count). The van der Waals surface area contributed by atoms with Crippen molar-refractivity contribution in [1.82, 2.24) is 20.2 Å². The van der Waals surface area contributed by atoms with E-state index in [-0.39, 0.29) is 48.3 Å². The maximum atomic E-state index is 16.3. The number of methoxy groups -OCH3 is 1. The molecule has 44 heavy (non-hydrogen) atoms. The molecule has 2 aromatic heterocycles. The van der Waals surface area contributed by atoms with E-state index >= 15 is 4.39 Å². The van der Waals surface area contributed by atoms with E-state index in [1.165, 1.54) is 32.1 Å². The summed E-state index contributed by atoms with van der Waals surface area (Å²) in [6, 6.07) is 7.59. The molecular formula is C31H31ClF3N7OS. The van der Waals surface area contributed by atoms with Gasteiger partial charge in [-0.05, 0) is 56.3 Å². The minimum Gasteiger partial charge on any atom is -0.467 e. The SMILES string of the molecule is COc1nc(N2CC3CCC(C2)N3)c2cc(Cl)c(-c3ccc(F)c4sc(N)c(C#N)c34)c(F)c2n1.FC1CC2CCCN2C1. The van der Waals surface area contributed by atoms with Crippen molar-refractivity contribution in [3.05, 3.63) is 40.4 Å². The number of nitrogen functional groups attached to an aromatic ring is 1. The lowest BCUT2D eigenvalue weighted by Gasteiger charge is -2.34. The Kier molecular flexibility index (Phi) is 7.69. The molecule has 4 aliphatic rings. The minimum atomic E-state index is -0.700. The lowest BCUT2D eigenvalue weighted by molar-refractivity contribution is 0.292. The van der Waals surface area contributed by atoms with Crippen LogP contribution >= 0.6 is 22.9 Å². The number of anilines is 2. The summed E-state index contributed by atoms with van der Waals surface area (Å²) >= 11 is 7.62. The van der Waals surface area contributed by atoms with Crippen LogP contribution in [0.4, 0.5) is 24.0 Å². The van der Waals surface area contributed by atoms with Gasteiger partial charge >= 0.3 is 6.01 Å². The van der Waals surface area contributed by atoms with E-state index in [1.54, 1.807) is 6.07 Å². The fourth-order valence-electron chi connectivity index (χ4n) is 7.24. The summed E-state index contributed by atoms with van der Waals surface area (Å²) in [7, 11) is 1.43. The molecule has 2 bridgehead atoms. The van der Waals surface area contributed by atoms with Gasteiger partial charge in [-0.3, -0.25) is 4.90 Å². The Morgan fingerprint density at radius 1 is 1.16 bits per heavy atom. The lowest BCUT2D eigenvalue weighted by atomic mass is 9.97. The highest BCUT2D eigenvalue weighted by molar-refractivity contribution is 7.23. The fraction of sp³-hybridized carbons (Fsp3) is 0.452. The maximum absolute atomic E-state index is 16.3. The molecule has 0 radical (unpaired) electrons. The Balaban J connectivity index is 0.000000296. The maximum Gasteiger partial charge on any atom is 0.318 e. The van der Waals surface area contributed by atoms with Gasteiger partial charge in [0.2, 0.25) is 0 Å². The number of nitrogens with one attached hydrogen (secondary N) is 1. The average Bonchev–Trinajstić information content (AvgIpc) is 3.76. The highest BCUT2D eigenvalue weighted by Crippen LogP contribution is 2.46. The molecule has 3 N–H and O–H groups in total. The first-order valence-corrected chi connectivity index (χ1v) is 16.0. The van der Waals surface area contributed by atoms with Crippen LogP contribution in [0.3, 0.4) is 0 Å². The summed E-state index contributed by atoms with van der Waals surface area (Å²) in [4.78, 5) is 13.3. The molecule has 6 heterocycles. The summed E-state index contributed by atoms with van der Waals surface area (Å²) < 4.78 is 48.9. The number of alkyl halides is 1. The Hall–Kier alpha value is -3.37. The van der Waals surface area contributed by atoms with Gasteiger partial charge < -0.3 is 20.7 Å². The number of halogens is 4. The summed E-state index contributed by atoms with van der Waals surface area (Å²) in [5.74, 6) is -0.688. The molecule has 4 fully saturated rings. The number of nitrogens with zero attached hydrogens (tertiary/aromatic N) is 5. The number of ether oxygens (including phenoxy) is 1. The first kappa shape index (κ1) is 29.3. The van der Waals surface area contributed by atoms with E-state index in [4.69, 9.17) is 22.1 Å². The number of thiophene rings is 1. The number of rotatable bonds is 3. The third-order valence-corrected chi connectivity index (χ3v) is 10.5. The Bertz CT molecular complexity index is 1790. The highest BCUT2D eigenvalue weighted by atomic mass is 35.5. The van der Waals surface area contributed by atoms with E-state index in [0.717, 1.165) is 50.2 Å². The monoisotopic (exact) mass is 641 g/mol. The molecule has 4 aromatic rings. The number of piperazine rings is 1. The van der Waals surface area contributed by atoms with Gasteiger partial charge in [0.05, 0.1) is 22.4 Å². The van der Waals surface area contributed by atoms with E-state index in [2.05, 4.69) is 25.1 Å². The Morgan fingerprint density at radius 3 is 2.64 bits per heavy atom. The van der Waals surface area contributed by atoms with Crippen LogP contribution < -0.4 is 20.7 Å². The largest absolute Gasteiger partial charge is 0.467 e. The van der Waals surface area contributed by atoms with Gasteiger partial charge in [-0.2, -0.15) is 15.2 Å².